The van der Waals surface area contributed by atoms with Crippen molar-refractivity contribution in [2.24, 2.45) is 5.73 Å². The number of ether oxygens (including phenoxy) is 1. The first-order valence-electron chi connectivity index (χ1n) is 6.25. The number of aromatic nitrogens is 1. The van der Waals surface area contributed by atoms with Gasteiger partial charge in [0.2, 0.25) is 5.88 Å². The van der Waals surface area contributed by atoms with Gasteiger partial charge in [0.15, 0.2) is 0 Å². The second-order valence-electron chi connectivity index (χ2n) is 4.38. The lowest BCUT2D eigenvalue weighted by Crippen LogP contribution is -2.10. The number of para-hydroxylation sites is 1. The largest absolute Gasteiger partial charge is 0.439 e. The number of rotatable bonds is 5. The highest BCUT2D eigenvalue weighted by Gasteiger charge is 2.07. The molecule has 1 heterocycles. The predicted octanol–water partition coefficient (Wildman–Crippen LogP) is 2.35. The Morgan fingerprint density at radius 1 is 1.35 bits per heavy atom. The van der Waals surface area contributed by atoms with Gasteiger partial charge in [-0.3, -0.25) is 0 Å². The van der Waals surface area contributed by atoms with Crippen LogP contribution in [0.15, 0.2) is 36.4 Å². The fraction of sp³-hybridized carbons (Fsp3) is 0.200. The summed E-state index contributed by atoms with van der Waals surface area (Å²) in [6, 6.07) is 11.1. The average Bonchev–Trinajstić information content (AvgIpc) is 2.40. The summed E-state index contributed by atoms with van der Waals surface area (Å²) >= 11 is 4.97. The van der Waals surface area contributed by atoms with E-state index in [4.69, 9.17) is 27.8 Å². The van der Waals surface area contributed by atoms with Crippen molar-refractivity contribution in [3.8, 4) is 11.6 Å². The van der Waals surface area contributed by atoms with Crippen LogP contribution in [0, 0.1) is 6.92 Å². The Hall–Kier alpha value is -1.98. The van der Waals surface area contributed by atoms with Crippen molar-refractivity contribution in [3.05, 3.63) is 53.2 Å². The van der Waals surface area contributed by atoms with Gasteiger partial charge in [0.05, 0.1) is 0 Å². The number of aliphatic hydroxyl groups excluding tert-OH is 1. The summed E-state index contributed by atoms with van der Waals surface area (Å²) in [7, 11) is 0. The molecule has 4 nitrogen and oxygen atoms in total. The third kappa shape index (κ3) is 3.53. The minimum Gasteiger partial charge on any atom is -0.439 e. The average molecular weight is 288 g/mol. The molecule has 3 N–H and O–H groups in total. The third-order valence-electron chi connectivity index (χ3n) is 2.78. The van der Waals surface area contributed by atoms with Crippen LogP contribution in [0.4, 0.5) is 0 Å². The molecule has 0 aliphatic heterocycles. The van der Waals surface area contributed by atoms with Gasteiger partial charge in [0.25, 0.3) is 0 Å². The van der Waals surface area contributed by atoms with E-state index in [1.165, 1.54) is 0 Å². The standard InChI is InChI=1S/C15H16N2O2S/c1-10-8-12(15(16)20)9-14(17-10)19-13-5-3-2-4-11(13)6-7-18/h2-5,8-9,18H,6-7H2,1H3,(H2,16,20). The van der Waals surface area contributed by atoms with Gasteiger partial charge < -0.3 is 15.6 Å². The van der Waals surface area contributed by atoms with Crippen LogP contribution < -0.4 is 10.5 Å². The molecule has 0 saturated heterocycles. The van der Waals surface area contributed by atoms with Gasteiger partial charge in [-0.05, 0) is 31.0 Å². The van der Waals surface area contributed by atoms with Crippen LogP contribution in [0.5, 0.6) is 11.6 Å². The minimum absolute atomic E-state index is 0.0692. The van der Waals surface area contributed by atoms with E-state index in [-0.39, 0.29) is 6.61 Å². The molecule has 1 aromatic carbocycles. The van der Waals surface area contributed by atoms with Gasteiger partial charge in [-0.2, -0.15) is 0 Å². The summed E-state index contributed by atoms with van der Waals surface area (Å²) in [6.07, 6.45) is 0.532. The smallest absolute Gasteiger partial charge is 0.220 e. The Morgan fingerprint density at radius 2 is 2.10 bits per heavy atom. The third-order valence-corrected chi connectivity index (χ3v) is 3.02. The molecular weight excluding hydrogens is 272 g/mol. The molecule has 0 spiro atoms. The van der Waals surface area contributed by atoms with Gasteiger partial charge in [0, 0.05) is 23.9 Å². The van der Waals surface area contributed by atoms with E-state index in [1.54, 1.807) is 6.07 Å². The highest BCUT2D eigenvalue weighted by molar-refractivity contribution is 7.80. The maximum Gasteiger partial charge on any atom is 0.220 e. The summed E-state index contributed by atoms with van der Waals surface area (Å²) in [4.78, 5) is 4.62. The number of benzene rings is 1. The van der Waals surface area contributed by atoms with Crippen molar-refractivity contribution in [2.75, 3.05) is 6.61 Å². The normalized spacial score (nSPS) is 10.3. The molecule has 0 aliphatic carbocycles. The number of hydrogen-bond acceptors (Lipinski definition) is 4. The summed E-state index contributed by atoms with van der Waals surface area (Å²) in [6.45, 7) is 1.92. The van der Waals surface area contributed by atoms with E-state index in [1.807, 2.05) is 37.3 Å². The zero-order valence-corrected chi connectivity index (χ0v) is 12.0. The monoisotopic (exact) mass is 288 g/mol. The van der Waals surface area contributed by atoms with Crippen molar-refractivity contribution in [3.63, 3.8) is 0 Å². The van der Waals surface area contributed by atoms with Crippen LogP contribution in [-0.2, 0) is 6.42 Å². The molecular formula is C15H16N2O2S. The quantitative estimate of drug-likeness (QED) is 0.827. The van der Waals surface area contributed by atoms with Crippen molar-refractivity contribution in [1.29, 1.82) is 0 Å². The molecule has 0 aliphatic rings. The van der Waals surface area contributed by atoms with E-state index in [0.29, 0.717) is 23.0 Å². The zero-order chi connectivity index (χ0) is 14.5. The Kier molecular flexibility index (Phi) is 4.65. The topological polar surface area (TPSA) is 68.4 Å². The number of aliphatic hydroxyl groups is 1. The molecule has 0 bridgehead atoms. The maximum absolute atomic E-state index is 9.07. The molecule has 0 atom stereocenters. The molecule has 0 saturated carbocycles. The van der Waals surface area contributed by atoms with E-state index in [0.717, 1.165) is 16.8 Å². The van der Waals surface area contributed by atoms with E-state index >= 15 is 0 Å². The Bertz CT molecular complexity index is 629. The molecule has 0 fully saturated rings. The molecule has 2 rings (SSSR count). The number of pyridine rings is 1. The van der Waals surface area contributed by atoms with E-state index in [2.05, 4.69) is 4.98 Å². The molecule has 104 valence electrons. The highest BCUT2D eigenvalue weighted by atomic mass is 32.1. The van der Waals surface area contributed by atoms with Crippen LogP contribution in [0.25, 0.3) is 0 Å². The molecule has 0 amide bonds. The lowest BCUT2D eigenvalue weighted by atomic mass is 10.1. The van der Waals surface area contributed by atoms with E-state index < -0.39 is 0 Å². The molecule has 2 aromatic rings. The molecule has 0 unspecified atom stereocenters. The first-order valence-corrected chi connectivity index (χ1v) is 6.66. The van der Waals surface area contributed by atoms with E-state index in [9.17, 15) is 0 Å². The summed E-state index contributed by atoms with van der Waals surface area (Å²) in [5.41, 5.74) is 8.07. The van der Waals surface area contributed by atoms with Gasteiger partial charge in [-0.1, -0.05) is 30.4 Å². The Balaban J connectivity index is 2.32. The second kappa shape index (κ2) is 6.45. The maximum atomic E-state index is 9.07. The Morgan fingerprint density at radius 3 is 2.80 bits per heavy atom. The van der Waals surface area contributed by atoms with Gasteiger partial charge in [-0.25, -0.2) is 4.98 Å². The second-order valence-corrected chi connectivity index (χ2v) is 4.82. The van der Waals surface area contributed by atoms with Crippen LogP contribution in [0.1, 0.15) is 16.8 Å². The van der Waals surface area contributed by atoms with Crippen LogP contribution in [-0.4, -0.2) is 21.7 Å². The number of nitrogens with zero attached hydrogens (tertiary/aromatic N) is 1. The van der Waals surface area contributed by atoms with Crippen molar-refractivity contribution in [1.82, 2.24) is 4.98 Å². The molecule has 1 aromatic heterocycles. The predicted molar refractivity (Wildman–Crippen MR) is 82.2 cm³/mol. The highest BCUT2D eigenvalue weighted by Crippen LogP contribution is 2.25. The summed E-state index contributed by atoms with van der Waals surface area (Å²) in [5.74, 6) is 1.12. The number of nitrogens with two attached hydrogens (primary N) is 1. The van der Waals surface area contributed by atoms with Crippen LogP contribution in [0.3, 0.4) is 0 Å². The molecule has 20 heavy (non-hydrogen) atoms. The van der Waals surface area contributed by atoms with Gasteiger partial charge in [-0.15, -0.1) is 0 Å². The fourth-order valence-corrected chi connectivity index (χ4v) is 1.99. The molecule has 5 heteroatoms. The number of aryl methyl sites for hydroxylation is 1. The number of hydrogen-bond donors (Lipinski definition) is 2. The van der Waals surface area contributed by atoms with Crippen molar-refractivity contribution in [2.45, 2.75) is 13.3 Å². The SMILES string of the molecule is Cc1cc(C(N)=S)cc(Oc2ccccc2CCO)n1. The van der Waals surface area contributed by atoms with Gasteiger partial charge >= 0.3 is 0 Å². The molecule has 0 radical (unpaired) electrons. The lowest BCUT2D eigenvalue weighted by Gasteiger charge is -2.11. The van der Waals surface area contributed by atoms with Crippen molar-refractivity contribution < 1.29 is 9.84 Å². The Labute approximate surface area is 123 Å². The first-order chi connectivity index (χ1) is 9.60. The van der Waals surface area contributed by atoms with Crippen molar-refractivity contribution >= 4 is 17.2 Å². The zero-order valence-electron chi connectivity index (χ0n) is 11.2. The minimum atomic E-state index is 0.0692. The van der Waals surface area contributed by atoms with Crippen LogP contribution in [0.2, 0.25) is 0 Å². The summed E-state index contributed by atoms with van der Waals surface area (Å²) < 4.78 is 5.80. The van der Waals surface area contributed by atoms with Gasteiger partial charge in [0.1, 0.15) is 10.7 Å². The fourth-order valence-electron chi connectivity index (χ4n) is 1.88. The van der Waals surface area contributed by atoms with Crippen LogP contribution >= 0.6 is 12.2 Å². The number of thiocarbonyl (C=S) groups is 1. The summed E-state index contributed by atoms with van der Waals surface area (Å²) in [5, 5.41) is 9.07. The first kappa shape index (κ1) is 14.4. The lowest BCUT2D eigenvalue weighted by molar-refractivity contribution is 0.297.